The van der Waals surface area contributed by atoms with Crippen LogP contribution in [-0.4, -0.2) is 30.1 Å². The van der Waals surface area contributed by atoms with E-state index in [-0.39, 0.29) is 29.3 Å². The Morgan fingerprint density at radius 3 is 2.63 bits per heavy atom. The lowest BCUT2D eigenvalue weighted by Crippen LogP contribution is -2.43. The molecule has 0 bridgehead atoms. The van der Waals surface area contributed by atoms with Gasteiger partial charge in [0.25, 0.3) is 11.5 Å². The minimum Gasteiger partial charge on any atom is -0.351 e. The second-order valence-corrected chi connectivity index (χ2v) is 7.63. The van der Waals surface area contributed by atoms with Gasteiger partial charge in [0.1, 0.15) is 0 Å². The lowest BCUT2D eigenvalue weighted by molar-refractivity contribution is 0.0921. The fraction of sp³-hybridized carbons (Fsp3) is 0.400. The highest BCUT2D eigenvalue weighted by Gasteiger charge is 2.27. The molecule has 1 aromatic carbocycles. The maximum atomic E-state index is 12.5. The highest BCUT2D eigenvalue weighted by molar-refractivity contribution is 6.31. The first-order valence-corrected chi connectivity index (χ1v) is 9.27. The number of piperidine rings is 1. The number of benzene rings is 1. The number of nitrogens with one attached hydrogen (secondary N) is 2. The van der Waals surface area contributed by atoms with Gasteiger partial charge in [0.2, 0.25) is 0 Å². The van der Waals surface area contributed by atoms with Crippen molar-refractivity contribution in [2.24, 2.45) is 5.41 Å². The highest BCUT2D eigenvalue weighted by Crippen LogP contribution is 2.26. The van der Waals surface area contributed by atoms with E-state index in [1.54, 1.807) is 18.3 Å². The molecule has 0 saturated carbocycles. The number of pyridine rings is 1. The van der Waals surface area contributed by atoms with Gasteiger partial charge in [-0.05, 0) is 49.0 Å². The van der Waals surface area contributed by atoms with Crippen molar-refractivity contribution in [1.82, 2.24) is 15.2 Å². The first kappa shape index (κ1) is 21.5. The number of rotatable bonds is 5. The third-order valence-corrected chi connectivity index (χ3v) is 5.40. The van der Waals surface area contributed by atoms with Crippen molar-refractivity contribution in [1.29, 1.82) is 0 Å². The van der Waals surface area contributed by atoms with E-state index in [2.05, 4.69) is 17.6 Å². The van der Waals surface area contributed by atoms with Gasteiger partial charge in [-0.2, -0.15) is 0 Å². The van der Waals surface area contributed by atoms with E-state index in [0.717, 1.165) is 31.5 Å². The SMILES string of the molecule is CC1(CNC(=O)c2ccc(=O)n(Cc3ccccc3Cl)c2)CCNCC1.Cl. The Kier molecular flexibility index (Phi) is 7.48. The van der Waals surface area contributed by atoms with Crippen molar-refractivity contribution in [3.05, 3.63) is 69.1 Å². The Balaban J connectivity index is 0.00000261. The lowest BCUT2D eigenvalue weighted by Gasteiger charge is -2.34. The van der Waals surface area contributed by atoms with E-state index in [1.165, 1.54) is 10.6 Å². The molecule has 0 aliphatic carbocycles. The predicted molar refractivity (Wildman–Crippen MR) is 111 cm³/mol. The van der Waals surface area contributed by atoms with Gasteiger partial charge in [-0.25, -0.2) is 0 Å². The summed E-state index contributed by atoms with van der Waals surface area (Å²) in [7, 11) is 0. The molecule has 1 aliphatic rings. The van der Waals surface area contributed by atoms with Crippen LogP contribution < -0.4 is 16.2 Å². The number of carbonyl (C=O) groups is 1. The summed E-state index contributed by atoms with van der Waals surface area (Å²) in [4.78, 5) is 24.7. The number of halogens is 2. The highest BCUT2D eigenvalue weighted by atomic mass is 35.5. The van der Waals surface area contributed by atoms with Crippen molar-refractivity contribution < 1.29 is 4.79 Å². The summed E-state index contributed by atoms with van der Waals surface area (Å²) in [5.41, 5.74) is 1.28. The maximum absolute atomic E-state index is 12.5. The number of amides is 1. The van der Waals surface area contributed by atoms with Crippen molar-refractivity contribution in [3.8, 4) is 0 Å². The maximum Gasteiger partial charge on any atom is 0.252 e. The second kappa shape index (κ2) is 9.40. The summed E-state index contributed by atoms with van der Waals surface area (Å²) >= 11 is 6.18. The Bertz CT molecular complexity index is 845. The van der Waals surface area contributed by atoms with Crippen LogP contribution in [0.1, 0.15) is 35.7 Å². The molecule has 0 spiro atoms. The van der Waals surface area contributed by atoms with Crippen molar-refractivity contribution in [3.63, 3.8) is 0 Å². The molecule has 2 aromatic rings. The van der Waals surface area contributed by atoms with Crippen LogP contribution in [0, 0.1) is 5.41 Å². The molecule has 1 fully saturated rings. The molecule has 2 N–H and O–H groups in total. The predicted octanol–water partition coefficient (Wildman–Crippen LogP) is 3.09. The molecule has 0 unspecified atom stereocenters. The molecule has 146 valence electrons. The zero-order valence-corrected chi connectivity index (χ0v) is 16.9. The van der Waals surface area contributed by atoms with Crippen LogP contribution >= 0.6 is 24.0 Å². The molecule has 0 atom stereocenters. The van der Waals surface area contributed by atoms with Crippen molar-refractivity contribution in [2.75, 3.05) is 19.6 Å². The van der Waals surface area contributed by atoms with E-state index < -0.39 is 0 Å². The third kappa shape index (κ3) is 5.58. The first-order valence-electron chi connectivity index (χ1n) is 8.90. The van der Waals surface area contributed by atoms with Crippen LogP contribution in [-0.2, 0) is 6.54 Å². The first-order chi connectivity index (χ1) is 12.5. The van der Waals surface area contributed by atoms with Crippen LogP contribution in [0.15, 0.2) is 47.4 Å². The monoisotopic (exact) mass is 409 g/mol. The summed E-state index contributed by atoms with van der Waals surface area (Å²) in [5.74, 6) is -0.155. The zero-order chi connectivity index (χ0) is 18.6. The molecule has 27 heavy (non-hydrogen) atoms. The topological polar surface area (TPSA) is 63.1 Å². The number of hydrogen-bond acceptors (Lipinski definition) is 3. The van der Waals surface area contributed by atoms with E-state index in [9.17, 15) is 9.59 Å². The molecule has 3 rings (SSSR count). The molecule has 1 aromatic heterocycles. The summed E-state index contributed by atoms with van der Waals surface area (Å²) in [5, 5.41) is 6.97. The molecule has 1 saturated heterocycles. The Hall–Kier alpha value is -1.82. The molecule has 0 radical (unpaired) electrons. The largest absolute Gasteiger partial charge is 0.351 e. The third-order valence-electron chi connectivity index (χ3n) is 5.03. The van der Waals surface area contributed by atoms with E-state index in [1.807, 2.05) is 18.2 Å². The van der Waals surface area contributed by atoms with Crippen molar-refractivity contribution in [2.45, 2.75) is 26.3 Å². The average molecular weight is 410 g/mol. The normalized spacial score (nSPS) is 15.6. The summed E-state index contributed by atoms with van der Waals surface area (Å²) in [6.07, 6.45) is 3.68. The molecule has 2 heterocycles. The molecular formula is C20H25Cl2N3O2. The molecular weight excluding hydrogens is 385 g/mol. The minimum atomic E-state index is -0.160. The van der Waals surface area contributed by atoms with E-state index in [4.69, 9.17) is 11.6 Å². The second-order valence-electron chi connectivity index (χ2n) is 7.22. The van der Waals surface area contributed by atoms with Gasteiger partial charge in [-0.1, -0.05) is 36.7 Å². The van der Waals surface area contributed by atoms with Gasteiger partial charge in [0.15, 0.2) is 0 Å². The van der Waals surface area contributed by atoms with Gasteiger partial charge in [-0.15, -0.1) is 12.4 Å². The average Bonchev–Trinajstić information content (AvgIpc) is 2.64. The van der Waals surface area contributed by atoms with Crippen LogP contribution in [0.4, 0.5) is 0 Å². The Morgan fingerprint density at radius 2 is 1.93 bits per heavy atom. The molecule has 5 nitrogen and oxygen atoms in total. The zero-order valence-electron chi connectivity index (χ0n) is 15.3. The van der Waals surface area contributed by atoms with E-state index >= 15 is 0 Å². The number of aromatic nitrogens is 1. The van der Waals surface area contributed by atoms with Gasteiger partial charge < -0.3 is 15.2 Å². The molecule has 1 amide bonds. The van der Waals surface area contributed by atoms with Gasteiger partial charge in [0.05, 0.1) is 12.1 Å². The van der Waals surface area contributed by atoms with Gasteiger partial charge >= 0.3 is 0 Å². The number of hydrogen-bond donors (Lipinski definition) is 2. The smallest absolute Gasteiger partial charge is 0.252 e. The quantitative estimate of drug-likeness (QED) is 0.797. The minimum absolute atomic E-state index is 0. The number of carbonyl (C=O) groups excluding carboxylic acids is 1. The van der Waals surface area contributed by atoms with E-state index in [0.29, 0.717) is 23.7 Å². The summed E-state index contributed by atoms with van der Waals surface area (Å²) in [6.45, 7) is 5.14. The fourth-order valence-electron chi connectivity index (χ4n) is 3.20. The summed E-state index contributed by atoms with van der Waals surface area (Å²) in [6, 6.07) is 10.4. The standard InChI is InChI=1S/C20H24ClN3O2.ClH/c1-20(8-10-22-11-9-20)14-23-19(26)16-6-7-18(25)24(13-16)12-15-4-2-3-5-17(15)21;/h2-7,13,22H,8-12,14H2,1H3,(H,23,26);1H. The van der Waals surface area contributed by atoms with Crippen LogP contribution in [0.5, 0.6) is 0 Å². The summed E-state index contributed by atoms with van der Waals surface area (Å²) < 4.78 is 1.52. The fourth-order valence-corrected chi connectivity index (χ4v) is 3.40. The van der Waals surface area contributed by atoms with Crippen LogP contribution in [0.3, 0.4) is 0 Å². The Morgan fingerprint density at radius 1 is 1.22 bits per heavy atom. The van der Waals surface area contributed by atoms with Crippen LogP contribution in [0.2, 0.25) is 5.02 Å². The van der Waals surface area contributed by atoms with Crippen molar-refractivity contribution >= 4 is 29.9 Å². The van der Waals surface area contributed by atoms with Gasteiger partial charge in [-0.3, -0.25) is 9.59 Å². The van der Waals surface area contributed by atoms with Crippen LogP contribution in [0.25, 0.3) is 0 Å². The molecule has 1 aliphatic heterocycles. The lowest BCUT2D eigenvalue weighted by atomic mass is 9.81. The number of nitrogens with zero attached hydrogens (tertiary/aromatic N) is 1. The molecule has 7 heteroatoms. The Labute approximate surface area is 170 Å². The van der Waals surface area contributed by atoms with Gasteiger partial charge in [0, 0.05) is 23.8 Å².